The van der Waals surface area contributed by atoms with E-state index in [2.05, 4.69) is 0 Å². The molecule has 1 N–H and O–H groups in total. The molecule has 0 aromatic heterocycles. The van der Waals surface area contributed by atoms with Crippen LogP contribution in [0.4, 0.5) is 17.1 Å². The first-order valence-electron chi connectivity index (χ1n) is 9.60. The fourth-order valence-corrected chi connectivity index (χ4v) is 3.61. The summed E-state index contributed by atoms with van der Waals surface area (Å²) in [7, 11) is 3.02. The van der Waals surface area contributed by atoms with Gasteiger partial charge >= 0.3 is 0 Å². The van der Waals surface area contributed by atoms with E-state index >= 15 is 0 Å². The number of anilines is 3. The SMILES string of the molecule is COc1ccc2c(c1)N(c1ccc(O)cc1)C(=O)C(C(=O)N(C)c1ccccc1)C2=O. The molecule has 0 saturated carbocycles. The van der Waals surface area contributed by atoms with Crippen LogP contribution in [0.1, 0.15) is 10.4 Å². The van der Waals surface area contributed by atoms with Crippen molar-refractivity contribution in [3.05, 3.63) is 78.4 Å². The molecule has 0 bridgehead atoms. The van der Waals surface area contributed by atoms with E-state index in [1.807, 2.05) is 6.07 Å². The van der Waals surface area contributed by atoms with E-state index in [9.17, 15) is 19.5 Å². The van der Waals surface area contributed by atoms with Gasteiger partial charge in [0, 0.05) is 30.1 Å². The molecule has 31 heavy (non-hydrogen) atoms. The molecule has 1 aliphatic rings. The van der Waals surface area contributed by atoms with E-state index in [0.29, 0.717) is 22.8 Å². The van der Waals surface area contributed by atoms with Crippen molar-refractivity contribution in [3.63, 3.8) is 0 Å². The molecule has 0 spiro atoms. The Morgan fingerprint density at radius 1 is 1.00 bits per heavy atom. The van der Waals surface area contributed by atoms with Crippen molar-refractivity contribution in [3.8, 4) is 11.5 Å². The average Bonchev–Trinajstić information content (AvgIpc) is 2.80. The number of ether oxygens (including phenoxy) is 1. The lowest BCUT2D eigenvalue weighted by Gasteiger charge is -2.34. The first kappa shape index (κ1) is 20.2. The van der Waals surface area contributed by atoms with Gasteiger partial charge in [0.15, 0.2) is 11.7 Å². The normalized spacial score (nSPS) is 15.4. The second-order valence-corrected chi connectivity index (χ2v) is 7.10. The Bertz CT molecular complexity index is 1160. The molecule has 7 nitrogen and oxygen atoms in total. The highest BCUT2D eigenvalue weighted by atomic mass is 16.5. The highest BCUT2D eigenvalue weighted by Gasteiger charge is 2.46. The van der Waals surface area contributed by atoms with Crippen molar-refractivity contribution in [2.75, 3.05) is 24.0 Å². The topological polar surface area (TPSA) is 87.2 Å². The van der Waals surface area contributed by atoms with Crippen LogP contribution >= 0.6 is 0 Å². The summed E-state index contributed by atoms with van der Waals surface area (Å²) < 4.78 is 5.26. The molecule has 2 amide bonds. The number of aromatic hydroxyl groups is 1. The smallest absolute Gasteiger partial charge is 0.252 e. The van der Waals surface area contributed by atoms with Gasteiger partial charge in [-0.2, -0.15) is 0 Å². The number of ketones is 1. The number of nitrogens with zero attached hydrogens (tertiary/aromatic N) is 2. The summed E-state index contributed by atoms with van der Waals surface area (Å²) in [6.07, 6.45) is 0. The van der Waals surface area contributed by atoms with Gasteiger partial charge in [0.1, 0.15) is 11.5 Å². The van der Waals surface area contributed by atoms with Crippen LogP contribution in [-0.4, -0.2) is 36.9 Å². The van der Waals surface area contributed by atoms with Crippen molar-refractivity contribution in [1.29, 1.82) is 0 Å². The lowest BCUT2D eigenvalue weighted by molar-refractivity contribution is -0.129. The lowest BCUT2D eigenvalue weighted by atomic mass is 9.88. The predicted octanol–water partition coefficient (Wildman–Crippen LogP) is 3.54. The summed E-state index contributed by atoms with van der Waals surface area (Å²) in [5.74, 6) is -2.87. The van der Waals surface area contributed by atoms with Crippen LogP contribution in [-0.2, 0) is 9.59 Å². The molecule has 3 aromatic rings. The van der Waals surface area contributed by atoms with Crippen LogP contribution in [0.25, 0.3) is 0 Å². The van der Waals surface area contributed by atoms with Gasteiger partial charge in [-0.05, 0) is 48.5 Å². The minimum absolute atomic E-state index is 0.0339. The number of carbonyl (C=O) groups excluding carboxylic acids is 3. The summed E-state index contributed by atoms with van der Waals surface area (Å²) in [5, 5.41) is 9.64. The summed E-state index contributed by atoms with van der Waals surface area (Å²) in [6, 6.07) is 19.5. The van der Waals surface area contributed by atoms with Crippen molar-refractivity contribution in [2.24, 2.45) is 5.92 Å². The maximum absolute atomic E-state index is 13.5. The molecule has 1 aliphatic heterocycles. The third-order valence-electron chi connectivity index (χ3n) is 5.27. The number of rotatable bonds is 4. The third kappa shape index (κ3) is 3.50. The molecule has 4 rings (SSSR count). The Balaban J connectivity index is 1.83. The maximum atomic E-state index is 13.5. The second kappa shape index (κ2) is 7.95. The molecule has 3 aromatic carbocycles. The first-order valence-corrected chi connectivity index (χ1v) is 9.60. The Morgan fingerprint density at radius 2 is 1.68 bits per heavy atom. The number of amides is 2. The zero-order valence-corrected chi connectivity index (χ0v) is 17.0. The van der Waals surface area contributed by atoms with Crippen LogP contribution in [0, 0.1) is 5.92 Å². The van der Waals surface area contributed by atoms with E-state index in [-0.39, 0.29) is 11.3 Å². The van der Waals surface area contributed by atoms with Crippen LogP contribution in [0.5, 0.6) is 11.5 Å². The number of Topliss-reactive ketones (excluding diaryl/α,β-unsaturated/α-hetero) is 1. The van der Waals surface area contributed by atoms with Crippen molar-refractivity contribution in [1.82, 2.24) is 0 Å². The zero-order chi connectivity index (χ0) is 22.1. The number of para-hydroxylation sites is 1. The van der Waals surface area contributed by atoms with E-state index in [0.717, 1.165) is 0 Å². The van der Waals surface area contributed by atoms with Crippen LogP contribution in [0.3, 0.4) is 0 Å². The Morgan fingerprint density at radius 3 is 2.32 bits per heavy atom. The lowest BCUT2D eigenvalue weighted by Crippen LogP contribution is -2.50. The first-order chi connectivity index (χ1) is 14.9. The van der Waals surface area contributed by atoms with Gasteiger partial charge in [-0.3, -0.25) is 19.3 Å². The number of phenols is 1. The van der Waals surface area contributed by atoms with Crippen molar-refractivity contribution in [2.45, 2.75) is 0 Å². The molecule has 1 heterocycles. The van der Waals surface area contributed by atoms with Crippen LogP contribution in [0.15, 0.2) is 72.8 Å². The minimum Gasteiger partial charge on any atom is -0.508 e. The van der Waals surface area contributed by atoms with Gasteiger partial charge < -0.3 is 14.7 Å². The average molecular weight is 416 g/mol. The molecular weight excluding hydrogens is 396 g/mol. The number of fused-ring (bicyclic) bond motifs is 1. The predicted molar refractivity (Wildman–Crippen MR) is 116 cm³/mol. The fraction of sp³-hybridized carbons (Fsp3) is 0.125. The highest BCUT2D eigenvalue weighted by molar-refractivity contribution is 6.34. The number of hydrogen-bond acceptors (Lipinski definition) is 5. The summed E-state index contributed by atoms with van der Waals surface area (Å²) >= 11 is 0. The fourth-order valence-electron chi connectivity index (χ4n) is 3.61. The van der Waals surface area contributed by atoms with Crippen LogP contribution in [0.2, 0.25) is 0 Å². The summed E-state index contributed by atoms with van der Waals surface area (Å²) in [6.45, 7) is 0. The number of hydrogen-bond donors (Lipinski definition) is 1. The molecule has 0 saturated heterocycles. The largest absolute Gasteiger partial charge is 0.508 e. The molecule has 0 radical (unpaired) electrons. The number of phenolic OH excluding ortho intramolecular Hbond substituents is 1. The van der Waals surface area contributed by atoms with Gasteiger partial charge in [-0.1, -0.05) is 18.2 Å². The number of carbonyl (C=O) groups is 3. The van der Waals surface area contributed by atoms with Crippen LogP contribution < -0.4 is 14.5 Å². The Hall–Kier alpha value is -4.13. The van der Waals surface area contributed by atoms with Gasteiger partial charge in [-0.15, -0.1) is 0 Å². The number of benzene rings is 3. The quantitative estimate of drug-likeness (QED) is 0.658. The van der Waals surface area contributed by atoms with E-state index in [1.54, 1.807) is 54.6 Å². The molecule has 1 atom stereocenters. The summed E-state index contributed by atoms with van der Waals surface area (Å²) in [5.41, 5.74) is 1.56. The second-order valence-electron chi connectivity index (χ2n) is 7.10. The number of methoxy groups -OCH3 is 1. The van der Waals surface area contributed by atoms with Gasteiger partial charge in [-0.25, -0.2) is 0 Å². The Kier molecular flexibility index (Phi) is 5.17. The van der Waals surface area contributed by atoms with Gasteiger partial charge in [0.2, 0.25) is 5.91 Å². The monoisotopic (exact) mass is 416 g/mol. The molecule has 1 unspecified atom stereocenters. The highest BCUT2D eigenvalue weighted by Crippen LogP contribution is 2.39. The Labute approximate surface area is 179 Å². The molecular formula is C24H20N2O5. The third-order valence-corrected chi connectivity index (χ3v) is 5.27. The standard InChI is InChI=1S/C24H20N2O5/c1-25(15-6-4-3-5-7-15)23(29)21-22(28)19-13-12-18(31-2)14-20(19)26(24(21)30)16-8-10-17(27)11-9-16/h3-14,21,27H,1-2H3. The molecule has 156 valence electrons. The van der Waals surface area contributed by atoms with Crippen molar-refractivity contribution < 1.29 is 24.2 Å². The molecule has 0 fully saturated rings. The molecule has 0 aliphatic carbocycles. The zero-order valence-electron chi connectivity index (χ0n) is 17.0. The summed E-state index contributed by atoms with van der Waals surface area (Å²) in [4.78, 5) is 42.7. The minimum atomic E-state index is -1.53. The molecule has 7 heteroatoms. The maximum Gasteiger partial charge on any atom is 0.252 e. The van der Waals surface area contributed by atoms with Gasteiger partial charge in [0.05, 0.1) is 12.8 Å². The van der Waals surface area contributed by atoms with Crippen molar-refractivity contribution >= 4 is 34.7 Å². The van der Waals surface area contributed by atoms with E-state index in [1.165, 1.54) is 36.1 Å². The van der Waals surface area contributed by atoms with Gasteiger partial charge in [0.25, 0.3) is 5.91 Å². The van der Waals surface area contributed by atoms with E-state index in [4.69, 9.17) is 4.74 Å². The van der Waals surface area contributed by atoms with E-state index < -0.39 is 23.5 Å².